The van der Waals surface area contributed by atoms with Crippen molar-refractivity contribution < 1.29 is 0 Å². The topological polar surface area (TPSA) is 26.0 Å². The first kappa shape index (κ1) is 12.9. The number of aryl methyl sites for hydroxylation is 1. The van der Waals surface area contributed by atoms with E-state index in [1.807, 2.05) is 6.07 Å². The van der Waals surface area contributed by atoms with E-state index in [0.717, 1.165) is 25.7 Å². The van der Waals surface area contributed by atoms with Gasteiger partial charge in [0.25, 0.3) is 0 Å². The first-order chi connectivity index (χ1) is 9.16. The van der Waals surface area contributed by atoms with E-state index in [-0.39, 0.29) is 5.54 Å². The second-order valence-corrected chi connectivity index (χ2v) is 6.43. The van der Waals surface area contributed by atoms with Crippen molar-refractivity contribution in [2.45, 2.75) is 31.2 Å². The predicted octanol–water partition coefficient (Wildman–Crippen LogP) is 3.88. The number of halogens is 1. The fourth-order valence-electron chi connectivity index (χ4n) is 3.00. The van der Waals surface area contributed by atoms with E-state index in [2.05, 4.69) is 58.4 Å². The van der Waals surface area contributed by atoms with E-state index in [9.17, 15) is 0 Å². The Hall–Kier alpha value is -1.12. The highest BCUT2D eigenvalue weighted by Crippen LogP contribution is 2.31. The van der Waals surface area contributed by atoms with Crippen LogP contribution in [0.5, 0.6) is 0 Å². The van der Waals surface area contributed by atoms with E-state index in [4.69, 9.17) is 5.73 Å². The van der Waals surface area contributed by atoms with Gasteiger partial charge in [-0.25, -0.2) is 0 Å². The van der Waals surface area contributed by atoms with E-state index in [0.29, 0.717) is 0 Å². The van der Waals surface area contributed by atoms with Gasteiger partial charge in [-0.15, -0.1) is 0 Å². The summed E-state index contributed by atoms with van der Waals surface area (Å²) in [5.74, 6) is 0. The first-order valence-corrected chi connectivity index (χ1v) is 7.55. The van der Waals surface area contributed by atoms with Crippen molar-refractivity contribution in [3.63, 3.8) is 0 Å². The Morgan fingerprint density at radius 2 is 1.68 bits per heavy atom. The molecule has 0 fully saturated rings. The van der Waals surface area contributed by atoms with Gasteiger partial charge in [-0.2, -0.15) is 0 Å². The lowest BCUT2D eigenvalue weighted by molar-refractivity contribution is 0.369. The van der Waals surface area contributed by atoms with Crippen molar-refractivity contribution >= 4 is 15.9 Å². The molecule has 2 aromatic rings. The van der Waals surface area contributed by atoms with Crippen molar-refractivity contribution in [3.8, 4) is 0 Å². The van der Waals surface area contributed by atoms with Gasteiger partial charge >= 0.3 is 0 Å². The summed E-state index contributed by atoms with van der Waals surface area (Å²) in [6, 6.07) is 17.1. The van der Waals surface area contributed by atoms with Crippen LogP contribution in [0.4, 0.5) is 0 Å². The zero-order valence-corrected chi connectivity index (χ0v) is 12.5. The van der Waals surface area contributed by atoms with E-state index >= 15 is 0 Å². The number of rotatable bonds is 2. The lowest BCUT2D eigenvalue weighted by Gasteiger charge is -2.35. The maximum absolute atomic E-state index is 6.65. The highest BCUT2D eigenvalue weighted by Gasteiger charge is 2.30. The molecule has 1 aliphatic rings. The zero-order valence-electron chi connectivity index (χ0n) is 10.9. The first-order valence-electron chi connectivity index (χ1n) is 6.75. The van der Waals surface area contributed by atoms with Crippen LogP contribution in [-0.4, -0.2) is 5.54 Å². The summed E-state index contributed by atoms with van der Waals surface area (Å²) in [7, 11) is 0. The largest absolute Gasteiger partial charge is 0.324 e. The molecule has 0 heterocycles. The van der Waals surface area contributed by atoms with Crippen LogP contribution in [0, 0.1) is 0 Å². The molecule has 0 radical (unpaired) electrons. The smallest absolute Gasteiger partial charge is 0.0239 e. The highest BCUT2D eigenvalue weighted by molar-refractivity contribution is 9.10. The molecule has 2 heteroatoms. The number of hydrogen-bond donors (Lipinski definition) is 1. The number of benzene rings is 2. The molecule has 0 aliphatic heterocycles. The van der Waals surface area contributed by atoms with Crippen LogP contribution in [0.1, 0.15) is 23.1 Å². The summed E-state index contributed by atoms with van der Waals surface area (Å²) in [6.07, 6.45) is 4.07. The van der Waals surface area contributed by atoms with Crippen LogP contribution < -0.4 is 5.73 Å². The molecular weight excluding hydrogens is 298 g/mol. The molecule has 3 rings (SSSR count). The van der Waals surface area contributed by atoms with E-state index < -0.39 is 0 Å². The molecule has 0 amide bonds. The van der Waals surface area contributed by atoms with E-state index in [1.54, 1.807) is 0 Å². The van der Waals surface area contributed by atoms with Gasteiger partial charge in [-0.3, -0.25) is 0 Å². The lowest BCUT2D eigenvalue weighted by Crippen LogP contribution is -2.47. The molecular formula is C17H18BrN. The Morgan fingerprint density at radius 3 is 2.47 bits per heavy atom. The van der Waals surface area contributed by atoms with Gasteiger partial charge < -0.3 is 5.73 Å². The van der Waals surface area contributed by atoms with Gasteiger partial charge in [0.15, 0.2) is 0 Å². The molecule has 0 aromatic heterocycles. The Kier molecular flexibility index (Phi) is 3.46. The highest BCUT2D eigenvalue weighted by atomic mass is 79.9. The van der Waals surface area contributed by atoms with Gasteiger partial charge in [0.1, 0.15) is 0 Å². The minimum absolute atomic E-state index is 0.113. The van der Waals surface area contributed by atoms with Crippen molar-refractivity contribution in [1.29, 1.82) is 0 Å². The van der Waals surface area contributed by atoms with Gasteiger partial charge in [-0.05, 0) is 48.4 Å². The Balaban J connectivity index is 1.84. The van der Waals surface area contributed by atoms with Gasteiger partial charge in [0, 0.05) is 10.0 Å². The maximum atomic E-state index is 6.65. The number of nitrogens with two attached hydrogens (primary N) is 1. The quantitative estimate of drug-likeness (QED) is 0.894. The molecule has 1 aliphatic carbocycles. The van der Waals surface area contributed by atoms with Crippen LogP contribution in [0.3, 0.4) is 0 Å². The molecule has 0 spiro atoms. The molecule has 0 saturated carbocycles. The monoisotopic (exact) mass is 315 g/mol. The standard InChI is InChI=1S/C17H18BrN/c18-16-8-4-3-7-15(16)12-17(19)10-9-13-5-1-2-6-14(13)11-17/h1-8H,9-12,19H2. The zero-order chi connectivity index (χ0) is 13.3. The summed E-state index contributed by atoms with van der Waals surface area (Å²) in [6.45, 7) is 0. The Labute approximate surface area is 123 Å². The molecule has 19 heavy (non-hydrogen) atoms. The number of fused-ring (bicyclic) bond motifs is 1. The summed E-state index contributed by atoms with van der Waals surface area (Å²) >= 11 is 3.62. The van der Waals surface area contributed by atoms with Gasteiger partial charge in [-0.1, -0.05) is 58.4 Å². The van der Waals surface area contributed by atoms with Crippen molar-refractivity contribution in [2.24, 2.45) is 5.73 Å². The summed E-state index contributed by atoms with van der Waals surface area (Å²) < 4.78 is 1.17. The van der Waals surface area contributed by atoms with Crippen LogP contribution in [-0.2, 0) is 19.3 Å². The van der Waals surface area contributed by atoms with Crippen molar-refractivity contribution in [1.82, 2.24) is 0 Å². The third kappa shape index (κ3) is 2.75. The average molecular weight is 316 g/mol. The summed E-state index contributed by atoms with van der Waals surface area (Å²) in [4.78, 5) is 0. The summed E-state index contributed by atoms with van der Waals surface area (Å²) in [5, 5.41) is 0. The predicted molar refractivity (Wildman–Crippen MR) is 83.2 cm³/mol. The van der Waals surface area contributed by atoms with E-state index in [1.165, 1.54) is 21.2 Å². The van der Waals surface area contributed by atoms with Crippen LogP contribution in [0.15, 0.2) is 53.0 Å². The average Bonchev–Trinajstić information content (AvgIpc) is 2.41. The maximum Gasteiger partial charge on any atom is 0.0239 e. The summed E-state index contributed by atoms with van der Waals surface area (Å²) in [5.41, 5.74) is 10.7. The van der Waals surface area contributed by atoms with Gasteiger partial charge in [0.05, 0.1) is 0 Å². The minimum Gasteiger partial charge on any atom is -0.324 e. The molecule has 0 bridgehead atoms. The number of hydrogen-bond acceptors (Lipinski definition) is 1. The molecule has 0 saturated heterocycles. The van der Waals surface area contributed by atoms with Crippen molar-refractivity contribution in [2.75, 3.05) is 0 Å². The fraction of sp³-hybridized carbons (Fsp3) is 0.294. The SMILES string of the molecule is NC1(Cc2ccccc2Br)CCc2ccccc2C1. The third-order valence-electron chi connectivity index (χ3n) is 4.05. The fourth-order valence-corrected chi connectivity index (χ4v) is 3.42. The third-order valence-corrected chi connectivity index (χ3v) is 4.83. The Bertz CT molecular complexity index is 593. The van der Waals surface area contributed by atoms with Crippen LogP contribution in [0.2, 0.25) is 0 Å². The Morgan fingerprint density at radius 1 is 1.00 bits per heavy atom. The minimum atomic E-state index is -0.113. The molecule has 1 atom stereocenters. The normalized spacial score (nSPS) is 22.0. The van der Waals surface area contributed by atoms with Gasteiger partial charge in [0.2, 0.25) is 0 Å². The molecule has 2 N–H and O–H groups in total. The van der Waals surface area contributed by atoms with Crippen LogP contribution >= 0.6 is 15.9 Å². The lowest BCUT2D eigenvalue weighted by atomic mass is 9.75. The second kappa shape index (κ2) is 5.10. The second-order valence-electron chi connectivity index (χ2n) is 5.58. The van der Waals surface area contributed by atoms with Crippen molar-refractivity contribution in [3.05, 3.63) is 69.7 Å². The van der Waals surface area contributed by atoms with Crippen LogP contribution in [0.25, 0.3) is 0 Å². The molecule has 1 unspecified atom stereocenters. The molecule has 2 aromatic carbocycles. The molecule has 98 valence electrons. The molecule has 1 nitrogen and oxygen atoms in total.